The Bertz CT molecular complexity index is 558. The summed E-state index contributed by atoms with van der Waals surface area (Å²) in [6.45, 7) is 1.19. The quantitative estimate of drug-likeness (QED) is 0.480. The predicted octanol–water partition coefficient (Wildman–Crippen LogP) is 2.56. The lowest BCUT2D eigenvalue weighted by molar-refractivity contribution is -0.384. The summed E-state index contributed by atoms with van der Waals surface area (Å²) in [6, 6.07) is 6.29. The summed E-state index contributed by atoms with van der Waals surface area (Å²) in [7, 11) is 0. The molecule has 2 saturated carbocycles. The highest BCUT2D eigenvalue weighted by molar-refractivity contribution is 5.79. The fourth-order valence-electron chi connectivity index (χ4n) is 3.79. The molecule has 22 heavy (non-hydrogen) atoms. The topological polar surface area (TPSA) is 84.3 Å². The van der Waals surface area contributed by atoms with Crippen molar-refractivity contribution < 1.29 is 9.72 Å². The normalized spacial score (nSPS) is 25.9. The Labute approximate surface area is 129 Å². The zero-order chi connectivity index (χ0) is 15.5. The van der Waals surface area contributed by atoms with Gasteiger partial charge >= 0.3 is 0 Å². The van der Waals surface area contributed by atoms with E-state index in [1.165, 1.54) is 31.4 Å². The fraction of sp³-hybridized carbons (Fsp3) is 0.562. The first-order valence-electron chi connectivity index (χ1n) is 7.89. The molecule has 2 aliphatic rings. The average Bonchev–Trinajstić information content (AvgIpc) is 3.14. The van der Waals surface area contributed by atoms with Gasteiger partial charge in [-0.25, -0.2) is 0 Å². The van der Waals surface area contributed by atoms with Gasteiger partial charge in [0.1, 0.15) is 0 Å². The second kappa shape index (κ2) is 6.34. The third-order valence-corrected chi connectivity index (χ3v) is 4.91. The molecule has 2 N–H and O–H groups in total. The van der Waals surface area contributed by atoms with Crippen molar-refractivity contribution in [3.63, 3.8) is 0 Å². The van der Waals surface area contributed by atoms with Crippen LogP contribution < -0.4 is 10.6 Å². The zero-order valence-electron chi connectivity index (χ0n) is 12.5. The summed E-state index contributed by atoms with van der Waals surface area (Å²) < 4.78 is 0. The van der Waals surface area contributed by atoms with Crippen molar-refractivity contribution in [2.24, 2.45) is 17.8 Å². The fourth-order valence-corrected chi connectivity index (χ4v) is 3.79. The maximum Gasteiger partial charge on any atom is 0.269 e. The Morgan fingerprint density at radius 3 is 2.55 bits per heavy atom. The first-order chi connectivity index (χ1) is 10.6. The van der Waals surface area contributed by atoms with E-state index < -0.39 is 4.92 Å². The number of anilines is 1. The molecule has 0 aliphatic heterocycles. The lowest BCUT2D eigenvalue weighted by atomic mass is 9.88. The Morgan fingerprint density at radius 2 is 1.95 bits per heavy atom. The molecule has 0 heterocycles. The minimum atomic E-state index is -0.417. The molecule has 1 aromatic carbocycles. The van der Waals surface area contributed by atoms with Gasteiger partial charge in [0.25, 0.3) is 5.69 Å². The lowest BCUT2D eigenvalue weighted by Gasteiger charge is -2.20. The molecule has 118 valence electrons. The molecule has 1 aromatic rings. The number of hydrogen-bond donors (Lipinski definition) is 2. The van der Waals surface area contributed by atoms with E-state index in [1.54, 1.807) is 12.1 Å². The number of nitrogens with zero attached hydrogens (tertiary/aromatic N) is 1. The Balaban J connectivity index is 1.38. The van der Waals surface area contributed by atoms with Gasteiger partial charge in [0.2, 0.25) is 5.91 Å². The highest BCUT2D eigenvalue weighted by Gasteiger charge is 2.42. The summed E-state index contributed by atoms with van der Waals surface area (Å²) in [5.41, 5.74) is 0.898. The van der Waals surface area contributed by atoms with Crippen LogP contribution in [-0.4, -0.2) is 23.9 Å². The van der Waals surface area contributed by atoms with Crippen LogP contribution in [0.4, 0.5) is 11.4 Å². The molecule has 2 aliphatic carbocycles. The third-order valence-electron chi connectivity index (χ3n) is 4.91. The number of nitro benzene ring substituents is 1. The molecule has 0 spiro atoms. The van der Waals surface area contributed by atoms with Crippen LogP contribution in [0.1, 0.15) is 25.7 Å². The van der Waals surface area contributed by atoms with E-state index in [-0.39, 0.29) is 17.5 Å². The van der Waals surface area contributed by atoms with E-state index in [4.69, 9.17) is 0 Å². The SMILES string of the molecule is O=C(NCCNc1ccc([N+](=O)[O-])cc1)[C@H]1C[C@H]2CC[C@H]1C2. The molecular weight excluding hydrogens is 282 g/mol. The molecule has 6 nitrogen and oxygen atoms in total. The van der Waals surface area contributed by atoms with Gasteiger partial charge in [-0.05, 0) is 43.2 Å². The van der Waals surface area contributed by atoms with Crippen molar-refractivity contribution in [3.05, 3.63) is 34.4 Å². The molecule has 3 rings (SSSR count). The number of carbonyl (C=O) groups is 1. The minimum Gasteiger partial charge on any atom is -0.383 e. The van der Waals surface area contributed by atoms with Crippen LogP contribution in [0, 0.1) is 27.9 Å². The van der Waals surface area contributed by atoms with Crippen molar-refractivity contribution in [1.29, 1.82) is 0 Å². The highest BCUT2D eigenvalue weighted by Crippen LogP contribution is 2.48. The van der Waals surface area contributed by atoms with Crippen molar-refractivity contribution in [3.8, 4) is 0 Å². The average molecular weight is 303 g/mol. The molecule has 2 bridgehead atoms. The predicted molar refractivity (Wildman–Crippen MR) is 83.5 cm³/mol. The van der Waals surface area contributed by atoms with Crippen LogP contribution >= 0.6 is 0 Å². The number of non-ortho nitro benzene ring substituents is 1. The van der Waals surface area contributed by atoms with E-state index in [2.05, 4.69) is 10.6 Å². The minimum absolute atomic E-state index is 0.0788. The first-order valence-corrected chi connectivity index (χ1v) is 7.89. The number of carbonyl (C=O) groups excluding carboxylic acids is 1. The summed E-state index contributed by atoms with van der Waals surface area (Å²) in [4.78, 5) is 22.3. The Morgan fingerprint density at radius 1 is 1.18 bits per heavy atom. The summed E-state index contributed by atoms with van der Waals surface area (Å²) in [6.07, 6.45) is 4.81. The number of nitrogens with one attached hydrogen (secondary N) is 2. The van der Waals surface area contributed by atoms with Gasteiger partial charge in [0, 0.05) is 36.8 Å². The van der Waals surface area contributed by atoms with Crippen LogP contribution in [0.15, 0.2) is 24.3 Å². The van der Waals surface area contributed by atoms with Crippen molar-refractivity contribution in [2.45, 2.75) is 25.7 Å². The molecular formula is C16H21N3O3. The van der Waals surface area contributed by atoms with E-state index in [0.717, 1.165) is 18.0 Å². The molecule has 0 unspecified atom stereocenters. The lowest BCUT2D eigenvalue weighted by Crippen LogP contribution is -2.36. The van der Waals surface area contributed by atoms with Crippen LogP contribution in [-0.2, 0) is 4.79 Å². The van der Waals surface area contributed by atoms with Crippen LogP contribution in [0.2, 0.25) is 0 Å². The van der Waals surface area contributed by atoms with Crippen LogP contribution in [0.3, 0.4) is 0 Å². The summed E-state index contributed by atoms with van der Waals surface area (Å²) in [5.74, 6) is 1.79. The molecule has 0 radical (unpaired) electrons. The molecule has 2 fully saturated rings. The van der Waals surface area contributed by atoms with Gasteiger partial charge < -0.3 is 10.6 Å². The van der Waals surface area contributed by atoms with Gasteiger partial charge in [0.05, 0.1) is 4.92 Å². The maximum atomic E-state index is 12.2. The number of hydrogen-bond acceptors (Lipinski definition) is 4. The van der Waals surface area contributed by atoms with E-state index in [1.807, 2.05) is 0 Å². The van der Waals surface area contributed by atoms with E-state index in [0.29, 0.717) is 19.0 Å². The zero-order valence-corrected chi connectivity index (χ0v) is 12.5. The second-order valence-electron chi connectivity index (χ2n) is 6.30. The molecule has 1 amide bonds. The standard InChI is InChI=1S/C16H21N3O3/c20-16(15-10-11-1-2-12(15)9-11)18-8-7-17-13-3-5-14(6-4-13)19(21)22/h3-6,11-12,15,17H,1-2,7-10H2,(H,18,20)/t11-,12-,15-/m0/s1. The van der Waals surface area contributed by atoms with Crippen LogP contribution in [0.5, 0.6) is 0 Å². The number of rotatable bonds is 6. The van der Waals surface area contributed by atoms with Gasteiger partial charge in [-0.2, -0.15) is 0 Å². The van der Waals surface area contributed by atoms with Crippen molar-refractivity contribution in [1.82, 2.24) is 5.32 Å². The number of amides is 1. The van der Waals surface area contributed by atoms with E-state index in [9.17, 15) is 14.9 Å². The van der Waals surface area contributed by atoms with Gasteiger partial charge in [-0.1, -0.05) is 6.42 Å². The maximum absolute atomic E-state index is 12.2. The van der Waals surface area contributed by atoms with Gasteiger partial charge in [-0.15, -0.1) is 0 Å². The number of fused-ring (bicyclic) bond motifs is 2. The molecule has 3 atom stereocenters. The Hall–Kier alpha value is -2.11. The first kappa shape index (κ1) is 14.8. The van der Waals surface area contributed by atoms with Crippen molar-refractivity contribution >= 4 is 17.3 Å². The second-order valence-corrected chi connectivity index (χ2v) is 6.30. The molecule has 0 saturated heterocycles. The van der Waals surface area contributed by atoms with E-state index >= 15 is 0 Å². The van der Waals surface area contributed by atoms with Gasteiger partial charge in [-0.3, -0.25) is 14.9 Å². The summed E-state index contributed by atoms with van der Waals surface area (Å²) in [5, 5.41) is 16.7. The highest BCUT2D eigenvalue weighted by atomic mass is 16.6. The molecule has 6 heteroatoms. The third kappa shape index (κ3) is 3.21. The number of nitro groups is 1. The smallest absolute Gasteiger partial charge is 0.269 e. The van der Waals surface area contributed by atoms with Gasteiger partial charge in [0.15, 0.2) is 0 Å². The monoisotopic (exact) mass is 303 g/mol. The summed E-state index contributed by atoms with van der Waals surface area (Å²) >= 11 is 0. The molecule has 0 aromatic heterocycles. The Kier molecular flexibility index (Phi) is 4.27. The van der Waals surface area contributed by atoms with Crippen LogP contribution in [0.25, 0.3) is 0 Å². The van der Waals surface area contributed by atoms with Crippen molar-refractivity contribution in [2.75, 3.05) is 18.4 Å². The largest absolute Gasteiger partial charge is 0.383 e. The number of benzene rings is 1.